The third kappa shape index (κ3) is 2.13. The number of nitrogens with one attached hydrogen (secondary N) is 1. The number of pyridine rings is 1. The molecule has 0 aliphatic carbocycles. The van der Waals surface area contributed by atoms with Gasteiger partial charge in [0, 0.05) is 6.20 Å². The number of aromatic nitrogens is 5. The van der Waals surface area contributed by atoms with Crippen molar-refractivity contribution < 1.29 is 9.90 Å². The van der Waals surface area contributed by atoms with Crippen molar-refractivity contribution >= 4 is 28.9 Å². The van der Waals surface area contributed by atoms with E-state index in [0.29, 0.717) is 21.2 Å². The zero-order chi connectivity index (χ0) is 13.2. The minimum absolute atomic E-state index is 0.138. The number of carbonyl (C=O) groups is 1. The summed E-state index contributed by atoms with van der Waals surface area (Å²) in [6, 6.07) is 3.09. The summed E-state index contributed by atoms with van der Waals surface area (Å²) in [5.74, 6) is -1.02. The first kappa shape index (κ1) is 11.6. The van der Waals surface area contributed by atoms with E-state index in [9.17, 15) is 4.79 Å². The van der Waals surface area contributed by atoms with Crippen molar-refractivity contribution in [3.8, 4) is 0 Å². The van der Waals surface area contributed by atoms with Crippen LogP contribution in [-0.4, -0.2) is 36.0 Å². The number of hydrogen-bond acceptors (Lipinski definition) is 6. The van der Waals surface area contributed by atoms with E-state index in [1.165, 1.54) is 18.7 Å². The van der Waals surface area contributed by atoms with Gasteiger partial charge in [0.05, 0.1) is 11.9 Å². The first-order valence-electron chi connectivity index (χ1n) is 5.26. The van der Waals surface area contributed by atoms with Crippen LogP contribution < -0.4 is 0 Å². The first-order chi connectivity index (χ1) is 9.25. The third-order valence-electron chi connectivity index (χ3n) is 2.38. The SMILES string of the molecule is O=C(O)c1cccnc1Sc1ncnc2nc[nH]c12. The van der Waals surface area contributed by atoms with Gasteiger partial charge in [0.2, 0.25) is 0 Å². The van der Waals surface area contributed by atoms with Crippen LogP contribution in [-0.2, 0) is 0 Å². The Kier molecular flexibility index (Phi) is 2.84. The van der Waals surface area contributed by atoms with Crippen molar-refractivity contribution in [2.75, 3.05) is 0 Å². The molecule has 0 fully saturated rings. The molecule has 0 aliphatic heterocycles. The second kappa shape index (κ2) is 4.65. The largest absolute Gasteiger partial charge is 0.478 e. The quantitative estimate of drug-likeness (QED) is 0.698. The number of imidazole rings is 1. The van der Waals surface area contributed by atoms with Crippen molar-refractivity contribution in [2.45, 2.75) is 10.1 Å². The van der Waals surface area contributed by atoms with Crippen LogP contribution in [0.25, 0.3) is 11.2 Å². The third-order valence-corrected chi connectivity index (χ3v) is 3.40. The number of nitrogens with zero attached hydrogens (tertiary/aromatic N) is 4. The van der Waals surface area contributed by atoms with Crippen LogP contribution in [0.5, 0.6) is 0 Å². The van der Waals surface area contributed by atoms with Gasteiger partial charge >= 0.3 is 5.97 Å². The van der Waals surface area contributed by atoms with Crippen LogP contribution in [0.3, 0.4) is 0 Å². The van der Waals surface area contributed by atoms with Gasteiger partial charge < -0.3 is 10.1 Å². The van der Waals surface area contributed by atoms with Gasteiger partial charge in [-0.3, -0.25) is 0 Å². The highest BCUT2D eigenvalue weighted by atomic mass is 32.2. The second-order valence-corrected chi connectivity index (χ2v) is 4.52. The molecular formula is C11H7N5O2S. The molecule has 0 spiro atoms. The molecule has 94 valence electrons. The molecular weight excluding hydrogens is 266 g/mol. The van der Waals surface area contributed by atoms with E-state index >= 15 is 0 Å². The van der Waals surface area contributed by atoms with Crippen molar-refractivity contribution in [3.05, 3.63) is 36.5 Å². The standard InChI is InChI=1S/C11H7N5O2S/c17-11(18)6-2-1-3-12-9(6)19-10-7-8(14-4-13-7)15-5-16-10/h1-5H,(H,17,18)(H,13,14,15,16). The van der Waals surface area contributed by atoms with Gasteiger partial charge in [0.25, 0.3) is 0 Å². The fourth-order valence-electron chi connectivity index (χ4n) is 1.55. The number of rotatable bonds is 3. The Bertz CT molecular complexity index is 757. The summed E-state index contributed by atoms with van der Waals surface area (Å²) in [6.07, 6.45) is 4.44. The Morgan fingerprint density at radius 2 is 2.11 bits per heavy atom. The molecule has 0 bridgehead atoms. The lowest BCUT2D eigenvalue weighted by atomic mass is 10.3. The van der Waals surface area contributed by atoms with E-state index in [1.807, 2.05) is 0 Å². The number of aromatic amines is 1. The smallest absolute Gasteiger partial charge is 0.338 e. The Morgan fingerprint density at radius 1 is 1.21 bits per heavy atom. The van der Waals surface area contributed by atoms with Crippen LogP contribution >= 0.6 is 11.8 Å². The molecule has 3 rings (SSSR count). The monoisotopic (exact) mass is 273 g/mol. The average Bonchev–Trinajstić information content (AvgIpc) is 2.88. The summed E-state index contributed by atoms with van der Waals surface area (Å²) in [7, 11) is 0. The number of carboxylic acid groups (broad SMARTS) is 1. The molecule has 0 amide bonds. The minimum atomic E-state index is -1.02. The lowest BCUT2D eigenvalue weighted by Gasteiger charge is -2.03. The topological polar surface area (TPSA) is 105 Å². The normalized spacial score (nSPS) is 10.7. The van der Waals surface area contributed by atoms with Crippen LogP contribution in [0.2, 0.25) is 0 Å². The first-order valence-corrected chi connectivity index (χ1v) is 6.07. The zero-order valence-electron chi connectivity index (χ0n) is 9.44. The predicted octanol–water partition coefficient (Wildman–Crippen LogP) is 1.60. The highest BCUT2D eigenvalue weighted by molar-refractivity contribution is 7.99. The number of aromatic carboxylic acids is 1. The molecule has 7 nitrogen and oxygen atoms in total. The lowest BCUT2D eigenvalue weighted by Crippen LogP contribution is -2.00. The van der Waals surface area contributed by atoms with Crippen molar-refractivity contribution in [1.82, 2.24) is 24.9 Å². The summed E-state index contributed by atoms with van der Waals surface area (Å²) in [4.78, 5) is 30.3. The summed E-state index contributed by atoms with van der Waals surface area (Å²) in [5, 5.41) is 10.1. The fourth-order valence-corrected chi connectivity index (χ4v) is 2.46. The van der Waals surface area contributed by atoms with Gasteiger partial charge in [-0.05, 0) is 23.9 Å². The van der Waals surface area contributed by atoms with Gasteiger partial charge in [0.15, 0.2) is 5.65 Å². The maximum absolute atomic E-state index is 11.1. The molecule has 0 unspecified atom stereocenters. The molecule has 19 heavy (non-hydrogen) atoms. The summed E-state index contributed by atoms with van der Waals surface area (Å²) < 4.78 is 0. The highest BCUT2D eigenvalue weighted by Gasteiger charge is 2.15. The van der Waals surface area contributed by atoms with E-state index in [2.05, 4.69) is 24.9 Å². The zero-order valence-corrected chi connectivity index (χ0v) is 10.3. The van der Waals surface area contributed by atoms with Crippen molar-refractivity contribution in [2.24, 2.45) is 0 Å². The molecule has 0 atom stereocenters. The Labute approximate surface area is 111 Å². The summed E-state index contributed by atoms with van der Waals surface area (Å²) >= 11 is 1.16. The summed E-state index contributed by atoms with van der Waals surface area (Å²) in [5.41, 5.74) is 1.33. The van der Waals surface area contributed by atoms with E-state index in [4.69, 9.17) is 5.11 Å². The summed E-state index contributed by atoms with van der Waals surface area (Å²) in [6.45, 7) is 0. The van der Waals surface area contributed by atoms with Crippen molar-refractivity contribution in [1.29, 1.82) is 0 Å². The highest BCUT2D eigenvalue weighted by Crippen LogP contribution is 2.30. The fraction of sp³-hybridized carbons (Fsp3) is 0. The molecule has 0 saturated heterocycles. The van der Waals surface area contributed by atoms with Crippen LogP contribution in [0, 0.1) is 0 Å². The van der Waals surface area contributed by atoms with E-state index < -0.39 is 5.97 Å². The number of fused-ring (bicyclic) bond motifs is 1. The molecule has 3 aromatic heterocycles. The van der Waals surface area contributed by atoms with Crippen LogP contribution in [0.1, 0.15) is 10.4 Å². The number of carboxylic acids is 1. The predicted molar refractivity (Wildman–Crippen MR) is 67.0 cm³/mol. The molecule has 2 N–H and O–H groups in total. The van der Waals surface area contributed by atoms with Gasteiger partial charge in [0.1, 0.15) is 21.9 Å². The van der Waals surface area contributed by atoms with Crippen LogP contribution in [0.4, 0.5) is 0 Å². The average molecular weight is 273 g/mol. The molecule has 0 aromatic carbocycles. The number of hydrogen-bond donors (Lipinski definition) is 2. The Hall–Kier alpha value is -2.48. The maximum atomic E-state index is 11.1. The molecule has 0 radical (unpaired) electrons. The van der Waals surface area contributed by atoms with Gasteiger partial charge in [-0.2, -0.15) is 0 Å². The molecule has 0 aliphatic rings. The maximum Gasteiger partial charge on any atom is 0.338 e. The molecule has 8 heteroatoms. The van der Waals surface area contributed by atoms with E-state index in [-0.39, 0.29) is 5.56 Å². The Balaban J connectivity index is 2.06. The molecule has 3 heterocycles. The number of H-pyrrole nitrogens is 1. The van der Waals surface area contributed by atoms with Gasteiger partial charge in [-0.15, -0.1) is 0 Å². The van der Waals surface area contributed by atoms with Crippen molar-refractivity contribution in [3.63, 3.8) is 0 Å². The Morgan fingerprint density at radius 3 is 2.95 bits per heavy atom. The molecule has 3 aromatic rings. The van der Waals surface area contributed by atoms with Crippen LogP contribution in [0.15, 0.2) is 41.0 Å². The van der Waals surface area contributed by atoms with Gasteiger partial charge in [-0.1, -0.05) is 0 Å². The van der Waals surface area contributed by atoms with E-state index in [0.717, 1.165) is 11.8 Å². The lowest BCUT2D eigenvalue weighted by molar-refractivity contribution is 0.0692. The molecule has 0 saturated carbocycles. The van der Waals surface area contributed by atoms with Gasteiger partial charge in [-0.25, -0.2) is 24.7 Å². The minimum Gasteiger partial charge on any atom is -0.478 e. The second-order valence-electron chi connectivity index (χ2n) is 3.54. The van der Waals surface area contributed by atoms with E-state index in [1.54, 1.807) is 12.3 Å².